The molecule has 19 heavy (non-hydrogen) atoms. The van der Waals surface area contributed by atoms with Crippen LogP contribution in [0, 0.1) is 0 Å². The molecular weight excluding hydrogens is 308 g/mol. The predicted octanol–water partition coefficient (Wildman–Crippen LogP) is 3.04. The van der Waals surface area contributed by atoms with Crippen LogP contribution in [0.3, 0.4) is 0 Å². The number of amides is 1. The highest BCUT2D eigenvalue weighted by molar-refractivity contribution is 9.10. The van der Waals surface area contributed by atoms with E-state index in [1.165, 1.54) is 6.20 Å². The van der Waals surface area contributed by atoms with E-state index in [4.69, 9.17) is 0 Å². The maximum Gasteiger partial charge on any atom is 0.253 e. The summed E-state index contributed by atoms with van der Waals surface area (Å²) in [5.74, 6) is -0.0141. The van der Waals surface area contributed by atoms with Crippen LogP contribution in [0.25, 0.3) is 0 Å². The number of aromatic hydroxyl groups is 1. The highest BCUT2D eigenvalue weighted by Gasteiger charge is 2.12. The first-order valence-electron chi connectivity index (χ1n) is 5.77. The minimum atomic E-state index is -0.198. The Hall–Kier alpha value is -1.88. The lowest BCUT2D eigenvalue weighted by molar-refractivity contribution is 0.0939. The van der Waals surface area contributed by atoms with Gasteiger partial charge in [-0.25, -0.2) is 4.98 Å². The zero-order valence-corrected chi connectivity index (χ0v) is 11.9. The van der Waals surface area contributed by atoms with Gasteiger partial charge in [-0.2, -0.15) is 0 Å². The van der Waals surface area contributed by atoms with E-state index in [0.717, 1.165) is 5.56 Å². The molecule has 2 N–H and O–H groups in total. The normalized spacial score (nSPS) is 11.9. The molecule has 5 heteroatoms. The van der Waals surface area contributed by atoms with E-state index < -0.39 is 0 Å². The first kappa shape index (κ1) is 13.5. The van der Waals surface area contributed by atoms with Crippen molar-refractivity contribution < 1.29 is 9.90 Å². The number of phenols is 1. The monoisotopic (exact) mass is 320 g/mol. The van der Waals surface area contributed by atoms with Gasteiger partial charge in [0.25, 0.3) is 5.91 Å². The fourth-order valence-electron chi connectivity index (χ4n) is 1.67. The molecule has 0 fully saturated rings. The number of halogens is 1. The Morgan fingerprint density at radius 1 is 1.37 bits per heavy atom. The molecule has 0 saturated carbocycles. The van der Waals surface area contributed by atoms with Crippen LogP contribution >= 0.6 is 15.9 Å². The Bertz CT molecular complexity index is 584. The lowest BCUT2D eigenvalue weighted by Crippen LogP contribution is -2.26. The van der Waals surface area contributed by atoms with E-state index in [9.17, 15) is 9.90 Å². The third-order valence-corrected chi connectivity index (χ3v) is 3.18. The summed E-state index contributed by atoms with van der Waals surface area (Å²) < 4.78 is 0.685. The summed E-state index contributed by atoms with van der Waals surface area (Å²) >= 11 is 3.22. The van der Waals surface area contributed by atoms with Crippen LogP contribution in [0.1, 0.15) is 28.9 Å². The molecule has 1 atom stereocenters. The van der Waals surface area contributed by atoms with Crippen molar-refractivity contribution in [3.63, 3.8) is 0 Å². The van der Waals surface area contributed by atoms with Gasteiger partial charge in [0, 0.05) is 6.20 Å². The Morgan fingerprint density at radius 3 is 2.79 bits per heavy atom. The SMILES string of the molecule is CC(NC(=O)c1ccc(Br)nc1)c1cccc(O)c1. The van der Waals surface area contributed by atoms with Crippen molar-refractivity contribution in [2.45, 2.75) is 13.0 Å². The fraction of sp³-hybridized carbons (Fsp3) is 0.143. The van der Waals surface area contributed by atoms with E-state index in [-0.39, 0.29) is 17.7 Å². The van der Waals surface area contributed by atoms with E-state index in [1.54, 1.807) is 30.3 Å². The Labute approximate surface area is 119 Å². The highest BCUT2D eigenvalue weighted by Crippen LogP contribution is 2.18. The number of carbonyl (C=O) groups is 1. The number of nitrogens with zero attached hydrogens (tertiary/aromatic N) is 1. The largest absolute Gasteiger partial charge is 0.508 e. The van der Waals surface area contributed by atoms with Gasteiger partial charge in [-0.1, -0.05) is 12.1 Å². The lowest BCUT2D eigenvalue weighted by Gasteiger charge is -2.14. The van der Waals surface area contributed by atoms with Gasteiger partial charge >= 0.3 is 0 Å². The summed E-state index contributed by atoms with van der Waals surface area (Å²) in [6.07, 6.45) is 1.51. The van der Waals surface area contributed by atoms with Crippen LogP contribution in [0.15, 0.2) is 47.2 Å². The van der Waals surface area contributed by atoms with Crippen molar-refractivity contribution in [2.24, 2.45) is 0 Å². The van der Waals surface area contributed by atoms with Crippen LogP contribution in [0.5, 0.6) is 5.75 Å². The summed E-state index contributed by atoms with van der Waals surface area (Å²) in [5.41, 5.74) is 1.34. The van der Waals surface area contributed by atoms with Gasteiger partial charge in [0.05, 0.1) is 11.6 Å². The molecule has 0 saturated heterocycles. The van der Waals surface area contributed by atoms with Crippen molar-refractivity contribution in [3.05, 3.63) is 58.3 Å². The predicted molar refractivity (Wildman–Crippen MR) is 75.9 cm³/mol. The molecule has 98 valence electrons. The van der Waals surface area contributed by atoms with Crippen molar-refractivity contribution >= 4 is 21.8 Å². The minimum absolute atomic E-state index is 0.184. The number of nitrogens with one attached hydrogen (secondary N) is 1. The number of benzene rings is 1. The molecule has 1 aromatic carbocycles. The van der Waals surface area contributed by atoms with Gasteiger partial charge in [0.15, 0.2) is 0 Å². The molecule has 1 aromatic heterocycles. The van der Waals surface area contributed by atoms with Crippen LogP contribution < -0.4 is 5.32 Å². The molecule has 2 rings (SSSR count). The molecule has 0 aliphatic heterocycles. The number of hydrogen-bond donors (Lipinski definition) is 2. The molecule has 0 radical (unpaired) electrons. The Morgan fingerprint density at radius 2 is 2.16 bits per heavy atom. The molecular formula is C14H13BrN2O2. The third kappa shape index (κ3) is 3.54. The summed E-state index contributed by atoms with van der Waals surface area (Å²) in [5, 5.41) is 12.3. The van der Waals surface area contributed by atoms with E-state index in [1.807, 2.05) is 13.0 Å². The molecule has 1 amide bonds. The summed E-state index contributed by atoms with van der Waals surface area (Å²) in [6.45, 7) is 1.86. The maximum absolute atomic E-state index is 12.0. The molecule has 4 nitrogen and oxygen atoms in total. The molecule has 0 aliphatic rings. The smallest absolute Gasteiger partial charge is 0.253 e. The standard InChI is InChI=1S/C14H13BrN2O2/c1-9(10-3-2-4-12(18)7-10)17-14(19)11-5-6-13(15)16-8-11/h2-9,18H,1H3,(H,17,19). The quantitative estimate of drug-likeness (QED) is 0.854. The van der Waals surface area contributed by atoms with Crippen molar-refractivity contribution in [2.75, 3.05) is 0 Å². The minimum Gasteiger partial charge on any atom is -0.508 e. The number of aromatic nitrogens is 1. The van der Waals surface area contributed by atoms with Gasteiger partial charge in [-0.3, -0.25) is 4.79 Å². The first-order valence-corrected chi connectivity index (χ1v) is 6.57. The molecule has 0 bridgehead atoms. The fourth-order valence-corrected chi connectivity index (χ4v) is 1.90. The van der Waals surface area contributed by atoms with Crippen LogP contribution in [-0.2, 0) is 0 Å². The number of rotatable bonds is 3. The first-order chi connectivity index (χ1) is 9.06. The van der Waals surface area contributed by atoms with Gasteiger partial charge in [-0.05, 0) is 52.7 Å². The van der Waals surface area contributed by atoms with E-state index >= 15 is 0 Å². The second-order valence-corrected chi connectivity index (χ2v) is 4.97. The number of hydrogen-bond acceptors (Lipinski definition) is 3. The third-order valence-electron chi connectivity index (χ3n) is 2.71. The van der Waals surface area contributed by atoms with Gasteiger partial charge in [0.1, 0.15) is 10.4 Å². The molecule has 1 unspecified atom stereocenters. The van der Waals surface area contributed by atoms with Crippen LogP contribution in [0.2, 0.25) is 0 Å². The van der Waals surface area contributed by atoms with Gasteiger partial charge < -0.3 is 10.4 Å². The average Bonchev–Trinajstić information content (AvgIpc) is 2.39. The molecule has 0 aliphatic carbocycles. The maximum atomic E-state index is 12.0. The van der Waals surface area contributed by atoms with Crippen LogP contribution in [0.4, 0.5) is 0 Å². The number of phenolic OH excluding ortho intramolecular Hbond substituents is 1. The summed E-state index contributed by atoms with van der Waals surface area (Å²) in [7, 11) is 0. The van der Waals surface area contributed by atoms with Crippen molar-refractivity contribution in [1.82, 2.24) is 10.3 Å². The van der Waals surface area contributed by atoms with Crippen LogP contribution in [-0.4, -0.2) is 16.0 Å². The van der Waals surface area contributed by atoms with Gasteiger partial charge in [-0.15, -0.1) is 0 Å². The molecule has 2 aromatic rings. The zero-order valence-electron chi connectivity index (χ0n) is 10.3. The second-order valence-electron chi connectivity index (χ2n) is 4.16. The molecule has 0 spiro atoms. The topological polar surface area (TPSA) is 62.2 Å². The van der Waals surface area contributed by atoms with Crippen molar-refractivity contribution in [1.29, 1.82) is 0 Å². The zero-order chi connectivity index (χ0) is 13.8. The van der Waals surface area contributed by atoms with Gasteiger partial charge in [0.2, 0.25) is 0 Å². The van der Waals surface area contributed by atoms with E-state index in [2.05, 4.69) is 26.2 Å². The summed E-state index contributed by atoms with van der Waals surface area (Å²) in [4.78, 5) is 16.0. The van der Waals surface area contributed by atoms with Crippen molar-refractivity contribution in [3.8, 4) is 5.75 Å². The highest BCUT2D eigenvalue weighted by atomic mass is 79.9. The average molecular weight is 321 g/mol. The number of carbonyl (C=O) groups excluding carboxylic acids is 1. The Balaban J connectivity index is 2.08. The number of pyridine rings is 1. The molecule has 1 heterocycles. The Kier molecular flexibility index (Phi) is 4.16. The second kappa shape index (κ2) is 5.84. The lowest BCUT2D eigenvalue weighted by atomic mass is 10.1. The summed E-state index contributed by atoms with van der Waals surface area (Å²) in [6, 6.07) is 10.0. The van der Waals surface area contributed by atoms with E-state index in [0.29, 0.717) is 10.2 Å².